The van der Waals surface area contributed by atoms with Gasteiger partial charge in [-0.05, 0) is 45.7 Å². The molecule has 0 radical (unpaired) electrons. The SMILES string of the molecule is COC(=O)/C=C/CCC(OOC(C)(C)OC)c1ccc(C)o1. The van der Waals surface area contributed by atoms with Crippen molar-refractivity contribution in [2.24, 2.45) is 0 Å². The molecule has 0 N–H and O–H groups in total. The van der Waals surface area contributed by atoms with E-state index in [1.54, 1.807) is 19.9 Å². The number of methoxy groups -OCH3 is 2. The Balaban J connectivity index is 2.63. The average Bonchev–Trinajstić information content (AvgIpc) is 2.92. The number of allylic oxidation sites excluding steroid dienone is 1. The fourth-order valence-electron chi connectivity index (χ4n) is 1.57. The summed E-state index contributed by atoms with van der Waals surface area (Å²) in [7, 11) is 2.87. The van der Waals surface area contributed by atoms with Crippen molar-refractivity contribution in [3.8, 4) is 0 Å². The van der Waals surface area contributed by atoms with Gasteiger partial charge in [0.2, 0.25) is 0 Å². The fourth-order valence-corrected chi connectivity index (χ4v) is 1.57. The average molecular weight is 312 g/mol. The highest BCUT2D eigenvalue weighted by Gasteiger charge is 2.23. The third kappa shape index (κ3) is 6.43. The van der Waals surface area contributed by atoms with Crippen LogP contribution in [0.3, 0.4) is 0 Å². The molecule has 0 aromatic carbocycles. The Bertz CT molecular complexity index is 489. The smallest absolute Gasteiger partial charge is 0.330 e. The summed E-state index contributed by atoms with van der Waals surface area (Å²) in [6, 6.07) is 3.70. The lowest BCUT2D eigenvalue weighted by Crippen LogP contribution is -2.27. The van der Waals surface area contributed by atoms with Crippen molar-refractivity contribution in [3.63, 3.8) is 0 Å². The minimum absolute atomic E-state index is 0.386. The number of ether oxygens (including phenoxy) is 2. The van der Waals surface area contributed by atoms with Crippen molar-refractivity contribution in [1.29, 1.82) is 0 Å². The number of furan rings is 1. The normalized spacial score (nSPS) is 13.5. The van der Waals surface area contributed by atoms with Gasteiger partial charge in [0.15, 0.2) is 11.9 Å². The van der Waals surface area contributed by atoms with E-state index in [4.69, 9.17) is 18.9 Å². The number of carbonyl (C=O) groups excluding carboxylic acids is 1. The first kappa shape index (κ1) is 18.4. The van der Waals surface area contributed by atoms with Crippen LogP contribution in [0.4, 0.5) is 0 Å². The first-order chi connectivity index (χ1) is 10.4. The molecule has 1 aromatic heterocycles. The summed E-state index contributed by atoms with van der Waals surface area (Å²) < 4.78 is 15.3. The van der Waals surface area contributed by atoms with Crippen LogP contribution in [0.2, 0.25) is 0 Å². The molecule has 0 fully saturated rings. The van der Waals surface area contributed by atoms with Crippen LogP contribution in [0.15, 0.2) is 28.7 Å². The lowest BCUT2D eigenvalue weighted by Gasteiger charge is -2.24. The molecule has 1 unspecified atom stereocenters. The zero-order valence-corrected chi connectivity index (χ0v) is 13.8. The molecule has 22 heavy (non-hydrogen) atoms. The van der Waals surface area contributed by atoms with Crippen LogP contribution in [-0.2, 0) is 24.0 Å². The molecular formula is C16H24O6. The predicted molar refractivity (Wildman–Crippen MR) is 79.8 cm³/mol. The van der Waals surface area contributed by atoms with Gasteiger partial charge in [0, 0.05) is 13.2 Å². The second-order valence-corrected chi connectivity index (χ2v) is 5.22. The third-order valence-electron chi connectivity index (χ3n) is 2.99. The van der Waals surface area contributed by atoms with E-state index in [2.05, 4.69) is 4.74 Å². The van der Waals surface area contributed by atoms with Crippen LogP contribution in [0.25, 0.3) is 0 Å². The van der Waals surface area contributed by atoms with Gasteiger partial charge in [-0.2, -0.15) is 0 Å². The monoisotopic (exact) mass is 312 g/mol. The van der Waals surface area contributed by atoms with Crippen molar-refractivity contribution >= 4 is 5.97 Å². The Hall–Kier alpha value is -1.63. The molecule has 6 nitrogen and oxygen atoms in total. The molecule has 0 saturated heterocycles. The predicted octanol–water partition coefficient (Wildman–Crippen LogP) is 3.47. The summed E-state index contributed by atoms with van der Waals surface area (Å²) in [6.07, 6.45) is 3.89. The Kier molecular flexibility index (Phi) is 7.31. The summed E-state index contributed by atoms with van der Waals surface area (Å²) in [5, 5.41) is 0. The molecule has 0 saturated carbocycles. The molecule has 1 rings (SSSR count). The Morgan fingerprint density at radius 2 is 2.09 bits per heavy atom. The summed E-state index contributed by atoms with van der Waals surface area (Å²) in [5.41, 5.74) is 0. The van der Waals surface area contributed by atoms with E-state index >= 15 is 0 Å². The molecule has 0 spiro atoms. The van der Waals surface area contributed by atoms with Gasteiger partial charge in [0.05, 0.1) is 7.11 Å². The number of carbonyl (C=O) groups is 1. The number of rotatable bonds is 9. The molecule has 0 aliphatic heterocycles. The Morgan fingerprint density at radius 3 is 2.64 bits per heavy atom. The van der Waals surface area contributed by atoms with Gasteiger partial charge in [0.25, 0.3) is 0 Å². The maximum absolute atomic E-state index is 11.0. The van der Waals surface area contributed by atoms with E-state index in [-0.39, 0.29) is 5.97 Å². The molecule has 0 aliphatic rings. The molecule has 1 aromatic rings. The lowest BCUT2D eigenvalue weighted by atomic mass is 10.1. The third-order valence-corrected chi connectivity index (χ3v) is 2.99. The van der Waals surface area contributed by atoms with Gasteiger partial charge in [-0.3, -0.25) is 0 Å². The topological polar surface area (TPSA) is 67.1 Å². The minimum Gasteiger partial charge on any atom is -0.466 e. The van der Waals surface area contributed by atoms with Gasteiger partial charge in [-0.25, -0.2) is 14.6 Å². The largest absolute Gasteiger partial charge is 0.466 e. The first-order valence-corrected chi connectivity index (χ1v) is 7.08. The highest BCUT2D eigenvalue weighted by molar-refractivity contribution is 5.81. The highest BCUT2D eigenvalue weighted by atomic mass is 17.2. The van der Waals surface area contributed by atoms with E-state index in [0.29, 0.717) is 18.6 Å². The quantitative estimate of drug-likeness (QED) is 0.229. The van der Waals surface area contributed by atoms with Gasteiger partial charge >= 0.3 is 5.97 Å². The maximum atomic E-state index is 11.0. The van der Waals surface area contributed by atoms with Gasteiger partial charge in [-0.1, -0.05) is 6.08 Å². The van der Waals surface area contributed by atoms with Crippen molar-refractivity contribution in [2.75, 3.05) is 14.2 Å². The second-order valence-electron chi connectivity index (χ2n) is 5.22. The zero-order valence-electron chi connectivity index (χ0n) is 13.8. The minimum atomic E-state index is -0.859. The highest BCUT2D eigenvalue weighted by Crippen LogP contribution is 2.27. The van der Waals surface area contributed by atoms with Crippen LogP contribution < -0.4 is 0 Å². The lowest BCUT2D eigenvalue weighted by molar-refractivity contribution is -0.435. The van der Waals surface area contributed by atoms with Crippen LogP contribution in [0, 0.1) is 6.92 Å². The summed E-state index contributed by atoms with van der Waals surface area (Å²) >= 11 is 0. The zero-order chi connectivity index (χ0) is 16.6. The Labute approximate surface area is 130 Å². The standard InChI is InChI=1S/C16H24O6/c1-12-10-11-13(20-12)14(21-22-16(2,3)19-5)8-6-7-9-15(17)18-4/h7,9-11,14H,6,8H2,1-5H3/b9-7+. The molecule has 6 heteroatoms. The van der Waals surface area contributed by atoms with Crippen molar-refractivity contribution in [3.05, 3.63) is 35.8 Å². The van der Waals surface area contributed by atoms with Crippen LogP contribution >= 0.6 is 0 Å². The summed E-state index contributed by atoms with van der Waals surface area (Å²) in [5.74, 6) is 0.209. The fraction of sp³-hybridized carbons (Fsp3) is 0.562. The van der Waals surface area contributed by atoms with Crippen molar-refractivity contribution in [1.82, 2.24) is 0 Å². The number of esters is 1. The Morgan fingerprint density at radius 1 is 1.36 bits per heavy atom. The molecular weight excluding hydrogens is 288 g/mol. The summed E-state index contributed by atoms with van der Waals surface area (Å²) in [6.45, 7) is 5.35. The maximum Gasteiger partial charge on any atom is 0.330 e. The van der Waals surface area contributed by atoms with E-state index in [1.807, 2.05) is 19.1 Å². The van der Waals surface area contributed by atoms with Gasteiger partial charge < -0.3 is 13.9 Å². The van der Waals surface area contributed by atoms with E-state index in [0.717, 1.165) is 5.76 Å². The van der Waals surface area contributed by atoms with Crippen LogP contribution in [0.1, 0.15) is 44.3 Å². The molecule has 124 valence electrons. The van der Waals surface area contributed by atoms with E-state index < -0.39 is 11.9 Å². The first-order valence-electron chi connectivity index (χ1n) is 7.08. The van der Waals surface area contributed by atoms with E-state index in [1.165, 1.54) is 20.3 Å². The van der Waals surface area contributed by atoms with Crippen molar-refractivity contribution < 1.29 is 28.5 Å². The van der Waals surface area contributed by atoms with Crippen LogP contribution in [0.5, 0.6) is 0 Å². The molecule has 1 heterocycles. The number of aryl methyl sites for hydroxylation is 1. The van der Waals surface area contributed by atoms with E-state index in [9.17, 15) is 4.79 Å². The molecule has 0 amide bonds. The second kappa shape index (κ2) is 8.73. The number of hydrogen-bond acceptors (Lipinski definition) is 6. The number of hydrogen-bond donors (Lipinski definition) is 0. The summed E-state index contributed by atoms with van der Waals surface area (Å²) in [4.78, 5) is 21.8. The molecule has 0 aliphatic carbocycles. The van der Waals surface area contributed by atoms with Gasteiger partial charge in [-0.15, -0.1) is 0 Å². The van der Waals surface area contributed by atoms with Crippen molar-refractivity contribution in [2.45, 2.75) is 45.5 Å². The molecule has 1 atom stereocenters. The van der Waals surface area contributed by atoms with Gasteiger partial charge in [0.1, 0.15) is 11.5 Å². The molecule has 0 bridgehead atoms. The van der Waals surface area contributed by atoms with Crippen LogP contribution in [-0.4, -0.2) is 26.0 Å².